The number of hydrogen-bond acceptors (Lipinski definition) is 15. The minimum atomic E-state index is -0.381. The first-order valence-corrected chi connectivity index (χ1v) is 32.7. The van der Waals surface area contributed by atoms with E-state index >= 15 is 0 Å². The van der Waals surface area contributed by atoms with Crippen LogP contribution in [0.15, 0.2) is 109 Å². The van der Waals surface area contributed by atoms with Crippen LogP contribution in [0.4, 0.5) is 17.1 Å². The average Bonchev–Trinajstić information content (AvgIpc) is 3.71. The van der Waals surface area contributed by atoms with E-state index in [9.17, 15) is 44.7 Å². The average molecular weight is 1270 g/mol. The van der Waals surface area contributed by atoms with Gasteiger partial charge in [0.2, 0.25) is 17.7 Å². The van der Waals surface area contributed by atoms with Gasteiger partial charge in [0.25, 0.3) is 17.1 Å². The minimum Gasteiger partial charge on any atom is -0.342 e. The molecule has 472 valence electrons. The van der Waals surface area contributed by atoms with Crippen LogP contribution in [0.2, 0.25) is 0 Å². The summed E-state index contributed by atoms with van der Waals surface area (Å²) in [6, 6.07) is 32.7. The normalized spacial score (nSPS) is 18.1. The van der Waals surface area contributed by atoms with Crippen molar-refractivity contribution in [2.24, 2.45) is 17.8 Å². The number of benzene rings is 3. The number of halogens is 1. The van der Waals surface area contributed by atoms with E-state index in [0.29, 0.717) is 49.3 Å². The molecule has 0 spiro atoms. The smallest absolute Gasteiger partial charge is 0.269 e. The van der Waals surface area contributed by atoms with Crippen LogP contribution in [0.1, 0.15) is 117 Å². The highest BCUT2D eigenvalue weighted by molar-refractivity contribution is 9.09. The highest BCUT2D eigenvalue weighted by atomic mass is 79.9. The fraction of sp³-hybridized carbons (Fsp3) is 0.530. The molecule has 0 radical (unpaired) electrons. The quantitative estimate of drug-likeness (QED) is 0.0597. The van der Waals surface area contributed by atoms with Crippen molar-refractivity contribution in [1.29, 1.82) is 0 Å². The van der Waals surface area contributed by atoms with Crippen molar-refractivity contribution in [3.8, 4) is 0 Å². The van der Waals surface area contributed by atoms with E-state index in [1.54, 1.807) is 36.4 Å². The van der Waals surface area contributed by atoms with Crippen molar-refractivity contribution in [3.63, 3.8) is 0 Å². The van der Waals surface area contributed by atoms with Crippen LogP contribution in [0.5, 0.6) is 0 Å². The zero-order valence-electron chi connectivity index (χ0n) is 50.8. The maximum absolute atomic E-state index is 13.5. The van der Waals surface area contributed by atoms with Gasteiger partial charge in [0, 0.05) is 102 Å². The van der Waals surface area contributed by atoms with Gasteiger partial charge in [-0.1, -0.05) is 77.3 Å². The molecule has 0 aliphatic carbocycles. The Hall–Kier alpha value is -7.11. The van der Waals surface area contributed by atoms with Crippen molar-refractivity contribution in [3.05, 3.63) is 179 Å². The molecule has 10 rings (SSSR count). The third-order valence-electron chi connectivity index (χ3n) is 17.5. The maximum Gasteiger partial charge on any atom is 0.269 e. The number of nitro benzene ring substituents is 3. The lowest BCUT2D eigenvalue weighted by Gasteiger charge is -2.34. The molecule has 0 atom stereocenters. The number of nitrogens with zero attached hydrogens (tertiary/aromatic N) is 10. The predicted molar refractivity (Wildman–Crippen MR) is 342 cm³/mol. The summed E-state index contributed by atoms with van der Waals surface area (Å²) >= 11 is 3.19. The van der Waals surface area contributed by atoms with Crippen LogP contribution in [0.25, 0.3) is 0 Å². The van der Waals surface area contributed by atoms with Gasteiger partial charge in [-0.15, -0.1) is 0 Å². The van der Waals surface area contributed by atoms with Crippen LogP contribution >= 0.6 is 15.9 Å². The summed E-state index contributed by atoms with van der Waals surface area (Å²) in [5.74, 6) is 1.92. The summed E-state index contributed by atoms with van der Waals surface area (Å²) in [5, 5.41) is 39.8. The van der Waals surface area contributed by atoms with Gasteiger partial charge in [0.05, 0.1) is 56.0 Å². The lowest BCUT2D eigenvalue weighted by molar-refractivity contribution is -0.385. The van der Waals surface area contributed by atoms with E-state index in [4.69, 9.17) is 4.98 Å². The molecule has 2 aromatic heterocycles. The van der Waals surface area contributed by atoms with Gasteiger partial charge in [-0.25, -0.2) is 0 Å². The minimum absolute atomic E-state index is 0.107. The van der Waals surface area contributed by atoms with Crippen LogP contribution in [-0.4, -0.2) is 151 Å². The zero-order valence-corrected chi connectivity index (χ0v) is 52.4. The molecule has 88 heavy (non-hydrogen) atoms. The number of amides is 3. The number of nitrogens with one attached hydrogen (secondary N) is 2. The van der Waals surface area contributed by atoms with Crippen molar-refractivity contribution < 1.29 is 29.2 Å². The number of piperidine rings is 3. The molecule has 5 aromatic rings. The van der Waals surface area contributed by atoms with Crippen molar-refractivity contribution in [2.75, 3.05) is 83.9 Å². The molecule has 22 heteroatoms. The summed E-state index contributed by atoms with van der Waals surface area (Å²) in [6.07, 6.45) is 15.1. The van der Waals surface area contributed by atoms with Crippen LogP contribution < -0.4 is 10.6 Å². The van der Waals surface area contributed by atoms with Gasteiger partial charge in [0.1, 0.15) is 0 Å². The molecule has 4 bridgehead atoms. The largest absolute Gasteiger partial charge is 0.342 e. The number of aromatic nitrogens is 2. The first kappa shape index (κ1) is 66.8. The molecule has 0 unspecified atom stereocenters. The van der Waals surface area contributed by atoms with Gasteiger partial charge in [-0.2, -0.15) is 0 Å². The van der Waals surface area contributed by atoms with Gasteiger partial charge in [-0.3, -0.25) is 64.5 Å². The number of carbonyl (C=O) groups is 3. The van der Waals surface area contributed by atoms with E-state index < -0.39 is 0 Å². The molecule has 5 aliphatic rings. The first-order chi connectivity index (χ1) is 42.7. The number of likely N-dealkylation sites (tertiary alicyclic amines) is 3. The third kappa shape index (κ3) is 22.2. The van der Waals surface area contributed by atoms with E-state index in [0.717, 1.165) is 195 Å². The molecule has 3 fully saturated rings. The number of pyridine rings is 2. The second kappa shape index (κ2) is 35.2. The third-order valence-corrected chi connectivity index (χ3v) is 18.0. The van der Waals surface area contributed by atoms with E-state index in [1.807, 2.05) is 69.3 Å². The molecule has 3 aromatic carbocycles. The number of carbonyl (C=O) groups excluding carboxylic acids is 3. The lowest BCUT2D eigenvalue weighted by Crippen LogP contribution is -2.45. The van der Waals surface area contributed by atoms with E-state index in [1.165, 1.54) is 19.3 Å². The van der Waals surface area contributed by atoms with Crippen molar-refractivity contribution >= 4 is 50.7 Å². The second-order valence-corrected chi connectivity index (χ2v) is 24.7. The van der Waals surface area contributed by atoms with E-state index in [2.05, 4.69) is 59.5 Å². The summed E-state index contributed by atoms with van der Waals surface area (Å²) in [5.41, 5.74) is 7.82. The number of rotatable bonds is 14. The topological polar surface area (TPSA) is 247 Å². The molecule has 5 aliphatic heterocycles. The summed E-state index contributed by atoms with van der Waals surface area (Å²) < 4.78 is 0. The number of nitro groups is 3. The van der Waals surface area contributed by atoms with Crippen molar-refractivity contribution in [2.45, 2.75) is 122 Å². The standard InChI is InChI=1S/C40H51N7O6.C14H17BrN2O3.C12H19N3/c48-39(44-21-15-33(16-22-44)25-31-7-11-37(12-8-31)46(50)51)29-42-19-2-1-3-20-43(28-36-6-4-5-35(27-42)41-36)30-40(49)45-23-17-34(18-24-45)26-32-9-13-38(14-10-32)47(52)53;15-10-14(18)16-7-5-12(6-8-16)9-11-1-3-13(4-2-11)17(19)20;1-2-7-13-9-11-5-4-6-12(15-11)10-14-8-3-1/h4-14,33-34H,1-3,15-30H2;1-4,12H,5-10H2;4-6,13-14H,1-3,7-10H2. The van der Waals surface area contributed by atoms with Crippen molar-refractivity contribution in [1.82, 2.24) is 45.1 Å². The molecular formula is C66H87BrN12O9. The van der Waals surface area contributed by atoms with Gasteiger partial charge in [-0.05, 0) is 168 Å². The molecule has 2 N–H and O–H groups in total. The summed E-state index contributed by atoms with van der Waals surface area (Å²) in [6.45, 7) is 12.1. The fourth-order valence-electron chi connectivity index (χ4n) is 12.4. The molecule has 3 amide bonds. The van der Waals surface area contributed by atoms with Gasteiger partial charge < -0.3 is 25.3 Å². The Kier molecular flexibility index (Phi) is 26.7. The van der Waals surface area contributed by atoms with Crippen LogP contribution in [0, 0.1) is 48.1 Å². The summed E-state index contributed by atoms with van der Waals surface area (Å²) in [4.78, 5) is 89.8. The highest BCUT2D eigenvalue weighted by Gasteiger charge is 2.28. The van der Waals surface area contributed by atoms with Gasteiger partial charge in [0.15, 0.2) is 0 Å². The Bertz CT molecular complexity index is 2880. The number of hydrogen-bond donors (Lipinski definition) is 2. The Morgan fingerprint density at radius 1 is 0.432 bits per heavy atom. The Labute approximate surface area is 525 Å². The maximum atomic E-state index is 13.5. The fourth-order valence-corrected chi connectivity index (χ4v) is 12.7. The summed E-state index contributed by atoms with van der Waals surface area (Å²) in [7, 11) is 0. The first-order valence-electron chi connectivity index (χ1n) is 31.6. The monoisotopic (exact) mass is 1270 g/mol. The Balaban J connectivity index is 0.000000231. The molecule has 7 heterocycles. The molecular weight excluding hydrogens is 1180 g/mol. The Morgan fingerprint density at radius 3 is 1.09 bits per heavy atom. The predicted octanol–water partition coefficient (Wildman–Crippen LogP) is 9.86. The molecule has 3 saturated heterocycles. The number of alkyl halides is 1. The number of non-ortho nitro benzene ring substituents is 3. The Morgan fingerprint density at radius 2 is 0.750 bits per heavy atom. The molecule has 0 saturated carbocycles. The van der Waals surface area contributed by atoms with Crippen LogP contribution in [-0.2, 0) is 59.8 Å². The lowest BCUT2D eigenvalue weighted by atomic mass is 9.90. The highest BCUT2D eigenvalue weighted by Crippen LogP contribution is 2.27. The molecule has 21 nitrogen and oxygen atoms in total. The van der Waals surface area contributed by atoms with Crippen LogP contribution in [0.3, 0.4) is 0 Å². The second-order valence-electron chi connectivity index (χ2n) is 24.1. The zero-order chi connectivity index (χ0) is 62.0. The number of fused-ring (bicyclic) bond motifs is 4. The SMILES string of the molecule is O=C(CBr)N1CCC(Cc2ccc([N+](=O)[O-])cc2)CC1.O=C(CN1CCCCCN(CC(=O)N2CCC(Cc3ccc([N+](=O)[O-])cc3)CC2)Cc2cccc(n2)C1)N1CCC(Cc2ccc([N+](=O)[O-])cc2)CC1.c1cc2nc(c1)CNCCCCCNC2. The van der Waals surface area contributed by atoms with E-state index in [-0.39, 0.29) is 49.6 Å². The van der Waals surface area contributed by atoms with Gasteiger partial charge >= 0.3 is 0 Å².